The van der Waals surface area contributed by atoms with Crippen LogP contribution in [0, 0.1) is 0 Å². The average molecular weight is 613 g/mol. The maximum atomic E-state index is 12.2. The molecule has 4 rings (SSSR count). The van der Waals surface area contributed by atoms with Crippen molar-refractivity contribution in [3.05, 3.63) is 35.9 Å². The molecule has 15 nitrogen and oxygen atoms in total. The van der Waals surface area contributed by atoms with Crippen molar-refractivity contribution in [2.24, 2.45) is 0 Å². The van der Waals surface area contributed by atoms with Crippen molar-refractivity contribution in [2.75, 3.05) is 20.3 Å². The lowest BCUT2D eigenvalue weighted by molar-refractivity contribution is -0.390. The van der Waals surface area contributed by atoms with Gasteiger partial charge < -0.3 is 52.5 Å². The van der Waals surface area contributed by atoms with E-state index in [4.69, 9.17) is 47.4 Å². The maximum absolute atomic E-state index is 12.2. The molecule has 1 aromatic carbocycles. The van der Waals surface area contributed by atoms with Crippen LogP contribution in [0.25, 0.3) is 0 Å². The summed E-state index contributed by atoms with van der Waals surface area (Å²) in [5.74, 6) is -3.03. The molecule has 3 saturated heterocycles. The lowest BCUT2D eigenvalue weighted by Crippen LogP contribution is -2.67. The van der Waals surface area contributed by atoms with Crippen molar-refractivity contribution in [1.29, 1.82) is 0 Å². The number of benzene rings is 1. The van der Waals surface area contributed by atoms with E-state index in [1.807, 2.05) is 18.2 Å². The summed E-state index contributed by atoms with van der Waals surface area (Å²) in [5, 5.41) is 11.3. The number of hydrogen-bond acceptors (Lipinski definition) is 15. The second-order valence-electron chi connectivity index (χ2n) is 10.1. The van der Waals surface area contributed by atoms with E-state index in [9.17, 15) is 24.3 Å². The van der Waals surface area contributed by atoms with E-state index < -0.39 is 98.2 Å². The third kappa shape index (κ3) is 8.06. The third-order valence-corrected chi connectivity index (χ3v) is 6.85. The van der Waals surface area contributed by atoms with Crippen LogP contribution in [0.3, 0.4) is 0 Å². The van der Waals surface area contributed by atoms with Crippen molar-refractivity contribution in [3.8, 4) is 0 Å². The summed E-state index contributed by atoms with van der Waals surface area (Å²) in [7, 11) is 1.33. The van der Waals surface area contributed by atoms with Crippen molar-refractivity contribution in [1.82, 2.24) is 0 Å². The van der Waals surface area contributed by atoms with E-state index in [-0.39, 0.29) is 6.61 Å². The highest BCUT2D eigenvalue weighted by atomic mass is 16.8. The van der Waals surface area contributed by atoms with Gasteiger partial charge in [-0.2, -0.15) is 0 Å². The van der Waals surface area contributed by atoms with E-state index in [0.29, 0.717) is 5.56 Å². The van der Waals surface area contributed by atoms with E-state index in [1.54, 1.807) is 12.1 Å². The van der Waals surface area contributed by atoms with Crippen LogP contribution in [0.4, 0.5) is 0 Å². The largest absolute Gasteiger partial charge is 0.463 e. The fourth-order valence-electron chi connectivity index (χ4n) is 5.15. The molecular weight excluding hydrogens is 576 g/mol. The van der Waals surface area contributed by atoms with Crippen LogP contribution in [-0.2, 0) is 66.5 Å². The number of esters is 4. The second-order valence-corrected chi connectivity index (χ2v) is 10.1. The molecule has 1 N–H and O–H groups in total. The normalized spacial score (nSPS) is 35.6. The van der Waals surface area contributed by atoms with Crippen LogP contribution in [0.5, 0.6) is 0 Å². The number of methoxy groups -OCH3 is 1. The summed E-state index contributed by atoms with van der Waals surface area (Å²) in [6, 6.07) is 9.07. The molecule has 43 heavy (non-hydrogen) atoms. The molecule has 3 heterocycles. The zero-order valence-corrected chi connectivity index (χ0v) is 24.3. The summed E-state index contributed by atoms with van der Waals surface area (Å²) in [6.45, 7) is 4.11. The molecule has 0 spiro atoms. The van der Waals surface area contributed by atoms with Crippen molar-refractivity contribution < 1.29 is 71.7 Å². The Balaban J connectivity index is 1.69. The van der Waals surface area contributed by atoms with E-state index in [2.05, 4.69) is 0 Å². The summed E-state index contributed by atoms with van der Waals surface area (Å²) >= 11 is 0. The highest BCUT2D eigenvalue weighted by molar-refractivity contribution is 5.68. The summed E-state index contributed by atoms with van der Waals surface area (Å²) in [4.78, 5) is 48.0. The van der Waals surface area contributed by atoms with E-state index in [0.717, 1.165) is 27.7 Å². The van der Waals surface area contributed by atoms with Gasteiger partial charge in [0.25, 0.3) is 0 Å². The Bertz CT molecular complexity index is 1130. The number of aliphatic hydroxyl groups excluding tert-OH is 1. The Morgan fingerprint density at radius 2 is 1.42 bits per heavy atom. The Morgan fingerprint density at radius 1 is 0.791 bits per heavy atom. The van der Waals surface area contributed by atoms with Crippen LogP contribution in [-0.4, -0.2) is 111 Å². The molecule has 0 aromatic heterocycles. The molecule has 3 fully saturated rings. The van der Waals surface area contributed by atoms with Gasteiger partial charge in [0.05, 0.1) is 6.61 Å². The zero-order chi connectivity index (χ0) is 31.3. The van der Waals surface area contributed by atoms with Crippen molar-refractivity contribution in [2.45, 2.75) is 95.4 Å². The molecule has 1 aromatic rings. The molecular formula is C28H36O15. The molecule has 0 aliphatic carbocycles. The number of carbonyl (C=O) groups is 4. The highest BCUT2D eigenvalue weighted by Crippen LogP contribution is 2.38. The molecule has 0 bridgehead atoms. The first-order chi connectivity index (χ1) is 20.5. The summed E-state index contributed by atoms with van der Waals surface area (Å²) in [5.41, 5.74) is 0.704. The topological polar surface area (TPSA) is 181 Å². The zero-order valence-electron chi connectivity index (χ0n) is 24.3. The van der Waals surface area contributed by atoms with Crippen molar-refractivity contribution >= 4 is 23.9 Å². The minimum Gasteiger partial charge on any atom is -0.463 e. The van der Waals surface area contributed by atoms with Crippen LogP contribution in [0.2, 0.25) is 0 Å². The summed E-state index contributed by atoms with van der Waals surface area (Å²) < 4.78 is 57.1. The van der Waals surface area contributed by atoms with Gasteiger partial charge in [0, 0.05) is 40.4 Å². The van der Waals surface area contributed by atoms with Crippen molar-refractivity contribution in [3.63, 3.8) is 0 Å². The monoisotopic (exact) mass is 612 g/mol. The third-order valence-electron chi connectivity index (χ3n) is 6.85. The first-order valence-electron chi connectivity index (χ1n) is 13.6. The molecule has 1 unspecified atom stereocenters. The van der Waals surface area contributed by atoms with Gasteiger partial charge in [-0.3, -0.25) is 19.2 Å². The van der Waals surface area contributed by atoms with Gasteiger partial charge in [0.15, 0.2) is 37.2 Å². The quantitative estimate of drug-likeness (QED) is 0.297. The summed E-state index contributed by atoms with van der Waals surface area (Å²) in [6.07, 6.45) is -13.5. The van der Waals surface area contributed by atoms with Gasteiger partial charge in [-0.15, -0.1) is 0 Å². The molecule has 15 heteroatoms. The lowest BCUT2D eigenvalue weighted by atomic mass is 9.95. The molecule has 0 saturated carbocycles. The molecule has 0 amide bonds. The number of rotatable bonds is 9. The average Bonchev–Trinajstić information content (AvgIpc) is 2.95. The van der Waals surface area contributed by atoms with Gasteiger partial charge in [-0.05, 0) is 0 Å². The van der Waals surface area contributed by atoms with Crippen LogP contribution in [0.1, 0.15) is 39.5 Å². The van der Waals surface area contributed by atoms with Crippen LogP contribution >= 0.6 is 0 Å². The fourth-order valence-corrected chi connectivity index (χ4v) is 5.15. The first kappa shape index (κ1) is 32.7. The Labute approximate surface area is 247 Å². The SMILES string of the molecule is CO[C@H]1O[C@@H]2COC(c3ccccc3)O[C@H]2[C@H](O[C@H]2O[C@H](COC(C)=O)[C@@H](OC(C)=O)[C@H](OC(C)=O)[C@H]2OC(C)=O)[C@H]1O. The fraction of sp³-hybridized carbons (Fsp3) is 0.643. The first-order valence-corrected chi connectivity index (χ1v) is 13.6. The molecule has 238 valence electrons. The van der Waals surface area contributed by atoms with Gasteiger partial charge in [0.2, 0.25) is 0 Å². The number of carbonyl (C=O) groups excluding carboxylic acids is 4. The minimum atomic E-state index is -1.56. The standard InChI is InChI=1S/C28H36O15/c1-13(29)35-11-18-22(37-14(2)30)24(38-15(3)31)25(39-16(4)32)28(41-18)43-23-20(33)27(34-5)40-19-12-36-26(42-21(19)23)17-9-7-6-8-10-17/h6-10,18-28,33H,11-12H2,1-5H3/t18-,19-,20-,21-,22-,23-,24+,25-,26?,27+,28-/m1/s1. The Morgan fingerprint density at radius 3 is 2.02 bits per heavy atom. The molecule has 3 aliphatic rings. The van der Waals surface area contributed by atoms with Crippen LogP contribution < -0.4 is 0 Å². The highest BCUT2D eigenvalue weighted by Gasteiger charge is 2.57. The number of hydrogen-bond donors (Lipinski definition) is 1. The molecule has 0 radical (unpaired) electrons. The number of ether oxygens (including phenoxy) is 10. The predicted molar refractivity (Wildman–Crippen MR) is 139 cm³/mol. The van der Waals surface area contributed by atoms with Gasteiger partial charge >= 0.3 is 23.9 Å². The maximum Gasteiger partial charge on any atom is 0.303 e. The number of fused-ring (bicyclic) bond motifs is 1. The van der Waals surface area contributed by atoms with Gasteiger partial charge in [-0.1, -0.05) is 30.3 Å². The smallest absolute Gasteiger partial charge is 0.303 e. The van der Waals surface area contributed by atoms with Gasteiger partial charge in [-0.25, -0.2) is 0 Å². The molecule has 3 aliphatic heterocycles. The predicted octanol–water partition coefficient (Wildman–Crippen LogP) is 0.301. The Kier molecular flexibility index (Phi) is 11.1. The van der Waals surface area contributed by atoms with Crippen LogP contribution in [0.15, 0.2) is 30.3 Å². The molecule has 11 atom stereocenters. The Hall–Kier alpha value is -3.18. The van der Waals surface area contributed by atoms with E-state index >= 15 is 0 Å². The van der Waals surface area contributed by atoms with Gasteiger partial charge in [0.1, 0.15) is 37.1 Å². The number of aliphatic hydroxyl groups is 1. The minimum absolute atomic E-state index is 0.0508. The van der Waals surface area contributed by atoms with E-state index in [1.165, 1.54) is 7.11 Å². The lowest BCUT2D eigenvalue weighted by Gasteiger charge is -2.50. The second kappa shape index (κ2) is 14.5.